The first kappa shape index (κ1) is 17.8. The van der Waals surface area contributed by atoms with Crippen molar-refractivity contribution >= 4 is 11.6 Å². The van der Waals surface area contributed by atoms with E-state index in [1.165, 1.54) is 0 Å². The van der Waals surface area contributed by atoms with E-state index in [0.717, 1.165) is 21.9 Å². The van der Waals surface area contributed by atoms with Gasteiger partial charge in [-0.15, -0.1) is 0 Å². The van der Waals surface area contributed by atoms with Gasteiger partial charge in [-0.05, 0) is 42.3 Å². The monoisotopic (exact) mass is 327 g/mol. The lowest BCUT2D eigenvalue weighted by Crippen LogP contribution is -3.00. The smallest absolute Gasteiger partial charge is 0.130 e. The van der Waals surface area contributed by atoms with Crippen LogP contribution in [-0.4, -0.2) is 11.1 Å². The number of rotatable bonds is 5. The Bertz CT molecular complexity index is 541. The van der Waals surface area contributed by atoms with Gasteiger partial charge in [-0.1, -0.05) is 35.9 Å². The summed E-state index contributed by atoms with van der Waals surface area (Å²) in [5.41, 5.74) is 5.74. The van der Waals surface area contributed by atoms with E-state index >= 15 is 0 Å². The van der Waals surface area contributed by atoms with Crippen molar-refractivity contribution < 1.29 is 28.0 Å². The van der Waals surface area contributed by atoms with Gasteiger partial charge in [-0.3, -0.25) is 0 Å². The maximum Gasteiger partial charge on any atom is 0.130 e. The Kier molecular flexibility index (Phi) is 6.99. The van der Waals surface area contributed by atoms with E-state index in [1.54, 1.807) is 0 Å². The number of aliphatic hydroxyl groups excluding tert-OH is 1. The fourth-order valence-corrected chi connectivity index (χ4v) is 1.96. The second kappa shape index (κ2) is 8.25. The summed E-state index contributed by atoms with van der Waals surface area (Å²) in [4.78, 5) is 0. The zero-order valence-electron chi connectivity index (χ0n) is 11.8. The van der Waals surface area contributed by atoms with Crippen LogP contribution in [-0.2, 0) is 6.61 Å². The van der Waals surface area contributed by atoms with Crippen LogP contribution in [0.15, 0.2) is 48.5 Å². The van der Waals surface area contributed by atoms with Crippen molar-refractivity contribution in [3.63, 3.8) is 0 Å². The molecule has 0 spiro atoms. The van der Waals surface area contributed by atoms with Gasteiger partial charge < -0.3 is 28.0 Å². The predicted octanol–water partition coefficient (Wildman–Crippen LogP) is -0.413. The fraction of sp³-hybridized carbons (Fsp3) is 0.250. The van der Waals surface area contributed by atoms with Gasteiger partial charge in [0.05, 0.1) is 0 Å². The van der Waals surface area contributed by atoms with Crippen LogP contribution in [0, 0.1) is 0 Å². The van der Waals surface area contributed by atoms with Crippen molar-refractivity contribution in [3.8, 4) is 5.75 Å². The number of hydrogen-bond donors (Lipinski definition) is 2. The van der Waals surface area contributed by atoms with Crippen LogP contribution in [0.25, 0.3) is 0 Å². The molecule has 0 amide bonds. The maximum absolute atomic E-state index is 9.91. The molecule has 0 aromatic heterocycles. The summed E-state index contributed by atoms with van der Waals surface area (Å²) in [5, 5.41) is 10.6. The lowest BCUT2D eigenvalue weighted by molar-refractivity contribution is -0.433. The van der Waals surface area contributed by atoms with Crippen LogP contribution in [0.3, 0.4) is 0 Å². The highest BCUT2D eigenvalue weighted by molar-refractivity contribution is 6.30. The summed E-state index contributed by atoms with van der Waals surface area (Å²) >= 11 is 5.83. The van der Waals surface area contributed by atoms with E-state index < -0.39 is 6.10 Å². The van der Waals surface area contributed by atoms with Crippen LogP contribution in [0.2, 0.25) is 5.02 Å². The van der Waals surface area contributed by atoms with Crippen LogP contribution in [0.4, 0.5) is 0 Å². The molecule has 0 fully saturated rings. The summed E-state index contributed by atoms with van der Waals surface area (Å²) in [7, 11) is 0. The molecular formula is C16H19Cl2NO2. The Balaban J connectivity index is 0.00000220. The topological polar surface area (TPSA) is 57.1 Å². The summed E-state index contributed by atoms with van der Waals surface area (Å²) in [6, 6.07) is 15.0. The molecule has 0 aliphatic carbocycles. The number of hydrogen-bond acceptors (Lipinski definition) is 2. The van der Waals surface area contributed by atoms with Gasteiger partial charge >= 0.3 is 0 Å². The zero-order valence-corrected chi connectivity index (χ0v) is 13.3. The summed E-state index contributed by atoms with van der Waals surface area (Å²) in [5.74, 6) is 0.771. The molecule has 0 radical (unpaired) electrons. The second-order valence-electron chi connectivity index (χ2n) is 4.91. The fourth-order valence-electron chi connectivity index (χ4n) is 1.84. The largest absolute Gasteiger partial charge is 1.00 e. The summed E-state index contributed by atoms with van der Waals surface area (Å²) in [6.45, 7) is 2.38. The molecular weight excluding hydrogens is 309 g/mol. The highest BCUT2D eigenvalue weighted by Gasteiger charge is 2.14. The molecule has 0 heterocycles. The van der Waals surface area contributed by atoms with Crippen LogP contribution >= 0.6 is 11.6 Å². The minimum absolute atomic E-state index is 0. The zero-order chi connectivity index (χ0) is 14.5. The molecule has 5 heteroatoms. The summed E-state index contributed by atoms with van der Waals surface area (Å²) in [6.07, 6.45) is -0.541. The van der Waals surface area contributed by atoms with Gasteiger partial charge in [0.2, 0.25) is 0 Å². The molecule has 2 aromatic carbocycles. The van der Waals surface area contributed by atoms with Crippen molar-refractivity contribution in [3.05, 3.63) is 64.7 Å². The normalized spacial score (nSPS) is 13.1. The molecule has 2 unspecified atom stereocenters. The average Bonchev–Trinajstić information content (AvgIpc) is 2.46. The standard InChI is InChI=1S/C16H18ClNO2.ClH/c1-11(18)16(19)13-4-8-15(9-5-13)20-10-12-2-6-14(17)7-3-12;/h2-9,11,16,19H,10,18H2,1H3;1H. The number of ether oxygens (including phenoxy) is 1. The van der Waals surface area contributed by atoms with Crippen LogP contribution in [0.1, 0.15) is 24.2 Å². The first-order valence-electron chi connectivity index (χ1n) is 6.54. The molecule has 2 rings (SSSR count). The van der Waals surface area contributed by atoms with Crippen molar-refractivity contribution in [2.45, 2.75) is 25.7 Å². The van der Waals surface area contributed by atoms with Crippen molar-refractivity contribution in [2.75, 3.05) is 0 Å². The van der Waals surface area contributed by atoms with E-state index in [9.17, 15) is 5.11 Å². The van der Waals surface area contributed by atoms with Gasteiger partial charge in [0, 0.05) is 5.02 Å². The molecule has 0 bridgehead atoms. The van der Waals surface area contributed by atoms with Gasteiger partial charge in [0.25, 0.3) is 0 Å². The number of halogens is 2. The van der Waals surface area contributed by atoms with Crippen LogP contribution < -0.4 is 22.9 Å². The molecule has 21 heavy (non-hydrogen) atoms. The van der Waals surface area contributed by atoms with E-state index in [2.05, 4.69) is 5.73 Å². The molecule has 3 nitrogen and oxygen atoms in total. The van der Waals surface area contributed by atoms with E-state index in [-0.39, 0.29) is 18.4 Å². The average molecular weight is 328 g/mol. The van der Waals surface area contributed by atoms with Gasteiger partial charge in [-0.25, -0.2) is 0 Å². The van der Waals surface area contributed by atoms with E-state index in [0.29, 0.717) is 6.61 Å². The molecule has 0 aliphatic rings. The third-order valence-corrected chi connectivity index (χ3v) is 3.33. The minimum atomic E-state index is -0.541. The second-order valence-corrected chi connectivity index (χ2v) is 5.34. The van der Waals surface area contributed by atoms with E-state index in [4.69, 9.17) is 16.3 Å². The Morgan fingerprint density at radius 1 is 1.10 bits per heavy atom. The van der Waals surface area contributed by atoms with Gasteiger partial charge in [0.1, 0.15) is 24.5 Å². The van der Waals surface area contributed by atoms with E-state index in [1.807, 2.05) is 55.5 Å². The lowest BCUT2D eigenvalue weighted by atomic mass is 10.0. The van der Waals surface area contributed by atoms with Crippen LogP contribution in [0.5, 0.6) is 5.75 Å². The molecule has 2 aromatic rings. The third-order valence-electron chi connectivity index (χ3n) is 3.08. The SMILES string of the molecule is CC([NH3+])C(O)c1ccc(OCc2ccc(Cl)cc2)cc1.[Cl-]. The van der Waals surface area contributed by atoms with Crippen molar-refractivity contribution in [1.29, 1.82) is 0 Å². The quantitative estimate of drug-likeness (QED) is 0.784. The Morgan fingerprint density at radius 3 is 2.19 bits per heavy atom. The highest BCUT2D eigenvalue weighted by atomic mass is 35.5. The first-order chi connectivity index (χ1) is 9.56. The molecule has 4 N–H and O–H groups in total. The predicted molar refractivity (Wildman–Crippen MR) is 79.5 cm³/mol. The molecule has 0 saturated carbocycles. The van der Waals surface area contributed by atoms with Crippen molar-refractivity contribution in [2.24, 2.45) is 0 Å². The van der Waals surface area contributed by atoms with Crippen molar-refractivity contribution in [1.82, 2.24) is 0 Å². The highest BCUT2D eigenvalue weighted by Crippen LogP contribution is 2.20. The molecule has 0 saturated heterocycles. The maximum atomic E-state index is 9.91. The van der Waals surface area contributed by atoms with Gasteiger partial charge in [0.15, 0.2) is 0 Å². The van der Waals surface area contributed by atoms with Gasteiger partial charge in [-0.2, -0.15) is 0 Å². The Hall–Kier alpha value is -1.26. The molecule has 2 atom stereocenters. The Labute approximate surface area is 136 Å². The number of benzene rings is 2. The first-order valence-corrected chi connectivity index (χ1v) is 6.92. The number of quaternary nitrogens is 1. The minimum Gasteiger partial charge on any atom is -1.00 e. The Morgan fingerprint density at radius 2 is 1.67 bits per heavy atom. The number of aliphatic hydroxyl groups is 1. The molecule has 114 valence electrons. The molecule has 0 aliphatic heterocycles. The summed E-state index contributed by atoms with van der Waals surface area (Å²) < 4.78 is 5.69. The third kappa shape index (κ3) is 5.21. The lowest BCUT2D eigenvalue weighted by Gasteiger charge is -2.13.